The first-order chi connectivity index (χ1) is 6.59. The van der Waals surface area contributed by atoms with Gasteiger partial charge in [-0.1, -0.05) is 18.2 Å². The van der Waals surface area contributed by atoms with Gasteiger partial charge < -0.3 is 5.32 Å². The Morgan fingerprint density at radius 3 is 2.36 bits per heavy atom. The van der Waals surface area contributed by atoms with Gasteiger partial charge in [-0.2, -0.15) is 13.2 Å². The monoisotopic (exact) mass is 201 g/mol. The summed E-state index contributed by atoms with van der Waals surface area (Å²) in [6.45, 7) is 0.802. The molecule has 1 aliphatic heterocycles. The number of rotatable bonds is 1. The van der Waals surface area contributed by atoms with Crippen molar-refractivity contribution < 1.29 is 13.2 Å². The quantitative estimate of drug-likeness (QED) is 0.736. The summed E-state index contributed by atoms with van der Waals surface area (Å²) in [6, 6.07) is 5.62. The maximum absolute atomic E-state index is 12.5. The number of nitrogens with one attached hydrogen (secondary N) is 1. The molecule has 0 bridgehead atoms. The van der Waals surface area contributed by atoms with Crippen LogP contribution in [0.3, 0.4) is 0 Å². The molecular formula is C10H10F3N. The van der Waals surface area contributed by atoms with Crippen molar-refractivity contribution in [2.45, 2.75) is 18.6 Å². The molecule has 0 spiro atoms. The summed E-state index contributed by atoms with van der Waals surface area (Å²) >= 11 is 0. The number of benzene rings is 1. The van der Waals surface area contributed by atoms with Gasteiger partial charge in [-0.05, 0) is 24.6 Å². The van der Waals surface area contributed by atoms with E-state index in [-0.39, 0.29) is 6.04 Å². The number of halogens is 3. The highest BCUT2D eigenvalue weighted by molar-refractivity contribution is 5.33. The Morgan fingerprint density at radius 1 is 1.21 bits per heavy atom. The summed E-state index contributed by atoms with van der Waals surface area (Å²) in [6.07, 6.45) is -3.46. The predicted molar refractivity (Wildman–Crippen MR) is 46.8 cm³/mol. The molecule has 1 saturated heterocycles. The smallest absolute Gasteiger partial charge is 0.310 e. The molecule has 76 valence electrons. The topological polar surface area (TPSA) is 12.0 Å². The highest BCUT2D eigenvalue weighted by Gasteiger charge is 2.35. The molecule has 1 fully saturated rings. The molecule has 0 saturated carbocycles. The van der Waals surface area contributed by atoms with Gasteiger partial charge in [0.2, 0.25) is 0 Å². The maximum atomic E-state index is 12.5. The van der Waals surface area contributed by atoms with Crippen molar-refractivity contribution >= 4 is 0 Å². The number of hydrogen-bond donors (Lipinski definition) is 1. The van der Waals surface area contributed by atoms with Gasteiger partial charge in [0.1, 0.15) is 0 Å². The van der Waals surface area contributed by atoms with Gasteiger partial charge in [0.15, 0.2) is 0 Å². The van der Waals surface area contributed by atoms with Crippen LogP contribution in [0.15, 0.2) is 24.3 Å². The minimum atomic E-state index is -4.24. The summed E-state index contributed by atoms with van der Waals surface area (Å²) in [5, 5.41) is 2.97. The van der Waals surface area contributed by atoms with Gasteiger partial charge in [-0.15, -0.1) is 0 Å². The summed E-state index contributed by atoms with van der Waals surface area (Å²) in [5.74, 6) is 0. The first kappa shape index (κ1) is 9.52. The molecule has 1 aromatic rings. The third kappa shape index (κ3) is 1.62. The molecule has 0 unspecified atom stereocenters. The molecule has 1 nitrogen and oxygen atoms in total. The van der Waals surface area contributed by atoms with Crippen molar-refractivity contribution in [2.75, 3.05) is 6.54 Å². The van der Waals surface area contributed by atoms with E-state index in [0.29, 0.717) is 5.56 Å². The maximum Gasteiger partial charge on any atom is 0.416 e. The largest absolute Gasteiger partial charge is 0.416 e. The van der Waals surface area contributed by atoms with Crippen LogP contribution in [0.5, 0.6) is 0 Å². The number of hydrogen-bond acceptors (Lipinski definition) is 1. The minimum Gasteiger partial charge on any atom is -0.310 e. The zero-order valence-electron chi connectivity index (χ0n) is 7.43. The van der Waals surface area contributed by atoms with Crippen molar-refractivity contribution in [2.24, 2.45) is 0 Å². The van der Waals surface area contributed by atoms with Crippen LogP contribution >= 0.6 is 0 Å². The third-order valence-electron chi connectivity index (χ3n) is 2.47. The zero-order chi connectivity index (χ0) is 10.2. The molecule has 2 rings (SSSR count). The molecule has 1 atom stereocenters. The first-order valence-electron chi connectivity index (χ1n) is 4.48. The van der Waals surface area contributed by atoms with Crippen molar-refractivity contribution in [1.82, 2.24) is 5.32 Å². The van der Waals surface area contributed by atoms with Crippen LogP contribution in [-0.4, -0.2) is 6.54 Å². The van der Waals surface area contributed by atoms with Crippen LogP contribution in [0.4, 0.5) is 13.2 Å². The predicted octanol–water partition coefficient (Wildman–Crippen LogP) is 2.74. The highest BCUT2D eigenvalue weighted by Crippen LogP contribution is 2.36. The Kier molecular flexibility index (Phi) is 2.23. The fourth-order valence-corrected chi connectivity index (χ4v) is 1.61. The van der Waals surface area contributed by atoms with Gasteiger partial charge in [-0.25, -0.2) is 0 Å². The second-order valence-corrected chi connectivity index (χ2v) is 3.38. The Morgan fingerprint density at radius 2 is 1.86 bits per heavy atom. The lowest BCUT2D eigenvalue weighted by molar-refractivity contribution is -0.138. The zero-order valence-corrected chi connectivity index (χ0v) is 7.43. The Balaban J connectivity index is 2.38. The molecule has 0 amide bonds. The standard InChI is InChI=1S/C10H10F3N/c11-10(12,13)8-4-2-1-3-7(8)9-5-6-14-9/h1-4,9,14H,5-6H2/t9-/m0/s1. The second kappa shape index (κ2) is 3.28. The molecule has 4 heteroatoms. The van der Waals surface area contributed by atoms with E-state index in [2.05, 4.69) is 5.32 Å². The second-order valence-electron chi connectivity index (χ2n) is 3.38. The van der Waals surface area contributed by atoms with Crippen LogP contribution in [-0.2, 0) is 6.18 Å². The van der Waals surface area contributed by atoms with Gasteiger partial charge in [0.05, 0.1) is 5.56 Å². The fraction of sp³-hybridized carbons (Fsp3) is 0.400. The summed E-state index contributed by atoms with van der Waals surface area (Å²) in [4.78, 5) is 0. The van der Waals surface area contributed by atoms with Crippen molar-refractivity contribution in [1.29, 1.82) is 0 Å². The summed E-state index contributed by atoms with van der Waals surface area (Å²) < 4.78 is 37.6. The van der Waals surface area contributed by atoms with E-state index in [1.54, 1.807) is 12.1 Å². The van der Waals surface area contributed by atoms with Crippen LogP contribution in [0.25, 0.3) is 0 Å². The molecule has 0 radical (unpaired) electrons. The normalized spacial score (nSPS) is 21.8. The minimum absolute atomic E-state index is 0.118. The van der Waals surface area contributed by atoms with Crippen molar-refractivity contribution in [3.63, 3.8) is 0 Å². The lowest BCUT2D eigenvalue weighted by Crippen LogP contribution is -2.36. The van der Waals surface area contributed by atoms with Crippen molar-refractivity contribution in [3.8, 4) is 0 Å². The Labute approximate surface area is 79.9 Å². The summed E-state index contributed by atoms with van der Waals surface area (Å²) in [7, 11) is 0. The molecule has 1 N–H and O–H groups in total. The van der Waals surface area contributed by atoms with Crippen molar-refractivity contribution in [3.05, 3.63) is 35.4 Å². The molecule has 0 aromatic heterocycles. The Bertz CT molecular complexity index is 328. The van der Waals surface area contributed by atoms with Crippen LogP contribution < -0.4 is 5.32 Å². The first-order valence-corrected chi connectivity index (χ1v) is 4.48. The van der Waals surface area contributed by atoms with Crippen LogP contribution in [0.1, 0.15) is 23.6 Å². The fourth-order valence-electron chi connectivity index (χ4n) is 1.61. The molecule has 1 aromatic carbocycles. The lowest BCUT2D eigenvalue weighted by Gasteiger charge is -2.30. The third-order valence-corrected chi connectivity index (χ3v) is 2.47. The average Bonchev–Trinajstić information content (AvgIpc) is 2.00. The average molecular weight is 201 g/mol. The molecule has 14 heavy (non-hydrogen) atoms. The lowest BCUT2D eigenvalue weighted by atomic mass is 9.93. The van der Waals surface area contributed by atoms with E-state index >= 15 is 0 Å². The van der Waals surface area contributed by atoms with Crippen LogP contribution in [0, 0.1) is 0 Å². The van der Waals surface area contributed by atoms with E-state index in [4.69, 9.17) is 0 Å². The van der Waals surface area contributed by atoms with Gasteiger partial charge in [0, 0.05) is 6.04 Å². The van der Waals surface area contributed by atoms with Gasteiger partial charge in [0.25, 0.3) is 0 Å². The van der Waals surface area contributed by atoms with E-state index < -0.39 is 11.7 Å². The highest BCUT2D eigenvalue weighted by atomic mass is 19.4. The van der Waals surface area contributed by atoms with E-state index in [1.807, 2.05) is 0 Å². The Hall–Kier alpha value is -1.03. The molecular weight excluding hydrogens is 191 g/mol. The van der Waals surface area contributed by atoms with Gasteiger partial charge in [-0.3, -0.25) is 0 Å². The molecule has 1 aliphatic rings. The van der Waals surface area contributed by atoms with E-state index in [1.165, 1.54) is 6.07 Å². The molecule has 0 aliphatic carbocycles. The van der Waals surface area contributed by atoms with E-state index in [0.717, 1.165) is 19.0 Å². The van der Waals surface area contributed by atoms with E-state index in [9.17, 15) is 13.2 Å². The summed E-state index contributed by atoms with van der Waals surface area (Å²) in [5.41, 5.74) is -0.150. The SMILES string of the molecule is FC(F)(F)c1ccccc1[C@@H]1CCN1. The van der Waals surface area contributed by atoms with Crippen LogP contribution in [0.2, 0.25) is 0 Å². The number of alkyl halides is 3. The molecule has 1 heterocycles. The van der Waals surface area contributed by atoms with Gasteiger partial charge >= 0.3 is 6.18 Å².